The van der Waals surface area contributed by atoms with E-state index >= 15 is 4.39 Å². The Hall–Kier alpha value is -4.00. The molecule has 5 heterocycles. The van der Waals surface area contributed by atoms with Crippen LogP contribution in [0.5, 0.6) is 11.5 Å². The monoisotopic (exact) mass is 700 g/mol. The summed E-state index contributed by atoms with van der Waals surface area (Å²) in [6.07, 6.45) is 10.9. The summed E-state index contributed by atoms with van der Waals surface area (Å²) in [5.74, 6) is 6.80. The number of hydrogen-bond donors (Lipinski definition) is 0. The Morgan fingerprint density at radius 3 is 2.17 bits per heavy atom. The minimum Gasteiger partial charge on any atom is -0.458 e. The Morgan fingerprint density at radius 1 is 0.736 bits per heavy atom. The number of benzene rings is 3. The molecule has 3 aliphatic heterocycles. The summed E-state index contributed by atoms with van der Waals surface area (Å²) in [5.41, 5.74) is 16.6. The maximum absolute atomic E-state index is 16.5. The molecule has 0 spiro atoms. The van der Waals surface area contributed by atoms with Gasteiger partial charge in [0.25, 0.3) is 12.8 Å². The van der Waals surface area contributed by atoms with Gasteiger partial charge >= 0.3 is 0 Å². The summed E-state index contributed by atoms with van der Waals surface area (Å²) in [7, 11) is 0. The SMILES string of the molecule is CC1CC2CC(C)c3cc4c5c(c3C(C1)C2)Oc1cc(C(C)(C)C)cc2c1B5c1c(ccc3nc(F)n-2c13)-c1nc2c(nc1-4)C1CC3CC(C1)CC2C3. The summed E-state index contributed by atoms with van der Waals surface area (Å²) < 4.78 is 25.8. The van der Waals surface area contributed by atoms with Crippen LogP contribution in [-0.2, 0) is 5.41 Å². The van der Waals surface area contributed by atoms with Gasteiger partial charge in [0.15, 0.2) is 0 Å². The number of fused-ring (bicyclic) bond motifs is 9. The van der Waals surface area contributed by atoms with Gasteiger partial charge in [-0.1, -0.05) is 40.7 Å². The van der Waals surface area contributed by atoms with E-state index in [0.29, 0.717) is 35.1 Å². The Bertz CT molecular complexity index is 2520. The fourth-order valence-corrected chi connectivity index (χ4v) is 13.7. The summed E-state index contributed by atoms with van der Waals surface area (Å²) in [6, 6.07) is 11.3. The van der Waals surface area contributed by atoms with Crippen LogP contribution in [0.3, 0.4) is 0 Å². The van der Waals surface area contributed by atoms with Crippen LogP contribution in [-0.4, -0.2) is 26.2 Å². The molecule has 266 valence electrons. The fourth-order valence-electron chi connectivity index (χ4n) is 13.7. The van der Waals surface area contributed by atoms with E-state index in [4.69, 9.17) is 14.7 Å². The molecule has 0 radical (unpaired) electrons. The van der Waals surface area contributed by atoms with Crippen LogP contribution in [0, 0.1) is 29.7 Å². The van der Waals surface area contributed by atoms with Crippen LogP contribution < -0.4 is 21.1 Å². The summed E-state index contributed by atoms with van der Waals surface area (Å²) in [5, 5.41) is 0. The summed E-state index contributed by atoms with van der Waals surface area (Å²) in [6.45, 7) is 11.5. The van der Waals surface area contributed by atoms with Crippen molar-refractivity contribution in [1.29, 1.82) is 0 Å². The van der Waals surface area contributed by atoms with E-state index in [1.165, 1.54) is 91.3 Å². The fraction of sp³-hybridized carbons (Fsp3) is 0.500. The molecular formula is C46H46BFN4O. The summed E-state index contributed by atoms with van der Waals surface area (Å²) in [4.78, 5) is 16.4. The highest BCUT2D eigenvalue weighted by molar-refractivity contribution is 7.01. The van der Waals surface area contributed by atoms with Crippen LogP contribution in [0.15, 0.2) is 30.3 Å². The first kappa shape index (κ1) is 30.3. The number of nitrogens with zero attached hydrogens (tertiary/aromatic N) is 4. The van der Waals surface area contributed by atoms with Gasteiger partial charge in [0.05, 0.1) is 33.8 Å². The third kappa shape index (κ3) is 3.82. The highest BCUT2D eigenvalue weighted by Crippen LogP contribution is 2.58. The lowest BCUT2D eigenvalue weighted by Gasteiger charge is -2.38. The maximum atomic E-state index is 16.5. The van der Waals surface area contributed by atoms with E-state index in [1.54, 1.807) is 4.57 Å². The number of halogens is 1. The maximum Gasteiger partial charge on any atom is 0.294 e. The molecule has 0 amide bonds. The van der Waals surface area contributed by atoms with Crippen molar-refractivity contribution < 1.29 is 9.13 Å². The van der Waals surface area contributed by atoms with Gasteiger partial charge in [0.2, 0.25) is 0 Å². The van der Waals surface area contributed by atoms with Gasteiger partial charge in [-0.3, -0.25) is 4.57 Å². The lowest BCUT2D eigenvalue weighted by molar-refractivity contribution is 0.164. The molecule has 7 heteroatoms. The molecule has 3 aromatic carbocycles. The Balaban J connectivity index is 1.20. The molecule has 9 aliphatic rings. The molecule has 6 bridgehead atoms. The van der Waals surface area contributed by atoms with Gasteiger partial charge in [-0.25, -0.2) is 15.0 Å². The number of aromatic nitrogens is 4. The second kappa shape index (κ2) is 9.81. The van der Waals surface area contributed by atoms with Gasteiger partial charge in [0.1, 0.15) is 11.5 Å². The van der Waals surface area contributed by atoms with Crippen molar-refractivity contribution in [2.75, 3.05) is 0 Å². The first-order chi connectivity index (χ1) is 25.6. The van der Waals surface area contributed by atoms with Crippen molar-refractivity contribution in [1.82, 2.24) is 19.5 Å². The van der Waals surface area contributed by atoms with Crippen LogP contribution in [0.4, 0.5) is 4.39 Å². The zero-order valence-electron chi connectivity index (χ0n) is 31.5. The predicted molar refractivity (Wildman–Crippen MR) is 209 cm³/mol. The number of rotatable bonds is 0. The van der Waals surface area contributed by atoms with Crippen molar-refractivity contribution in [2.24, 2.45) is 23.7 Å². The molecule has 0 N–H and O–H groups in total. The smallest absolute Gasteiger partial charge is 0.294 e. The molecule has 2 aromatic heterocycles. The molecule has 6 unspecified atom stereocenters. The average molecular weight is 701 g/mol. The second-order valence-corrected chi connectivity index (χ2v) is 20.0. The third-order valence-corrected chi connectivity index (χ3v) is 15.6. The zero-order valence-corrected chi connectivity index (χ0v) is 31.5. The van der Waals surface area contributed by atoms with Gasteiger partial charge in [0, 0.05) is 28.7 Å². The molecule has 6 aliphatic carbocycles. The van der Waals surface area contributed by atoms with Crippen molar-refractivity contribution in [2.45, 2.75) is 121 Å². The first-order valence-electron chi connectivity index (χ1n) is 20.8. The van der Waals surface area contributed by atoms with Gasteiger partial charge < -0.3 is 4.74 Å². The van der Waals surface area contributed by atoms with Crippen LogP contribution in [0.2, 0.25) is 0 Å². The molecule has 6 atom stereocenters. The topological polar surface area (TPSA) is 52.8 Å². The second-order valence-electron chi connectivity index (χ2n) is 20.0. The van der Waals surface area contributed by atoms with Crippen LogP contribution >= 0.6 is 0 Å². The lowest BCUT2D eigenvalue weighted by Crippen LogP contribution is -2.59. The van der Waals surface area contributed by atoms with E-state index in [2.05, 4.69) is 63.9 Å². The zero-order chi connectivity index (χ0) is 35.4. The largest absolute Gasteiger partial charge is 0.458 e. The lowest BCUT2D eigenvalue weighted by atomic mass is 9.33. The van der Waals surface area contributed by atoms with E-state index in [-0.39, 0.29) is 12.1 Å². The van der Waals surface area contributed by atoms with E-state index in [0.717, 1.165) is 73.9 Å². The van der Waals surface area contributed by atoms with Crippen molar-refractivity contribution in [3.8, 4) is 39.7 Å². The Morgan fingerprint density at radius 2 is 1.43 bits per heavy atom. The minimum absolute atomic E-state index is 0.126. The minimum atomic E-state index is -0.463. The van der Waals surface area contributed by atoms with Crippen molar-refractivity contribution in [3.05, 3.63) is 64.5 Å². The molecule has 14 rings (SSSR count). The molecule has 5 nitrogen and oxygen atoms in total. The molecule has 3 fully saturated rings. The quantitative estimate of drug-likeness (QED) is 0.148. The van der Waals surface area contributed by atoms with Gasteiger partial charge in [-0.05, 0) is 156 Å². The molecule has 0 saturated heterocycles. The van der Waals surface area contributed by atoms with Crippen LogP contribution in [0.25, 0.3) is 39.2 Å². The van der Waals surface area contributed by atoms with Crippen molar-refractivity contribution in [3.63, 3.8) is 0 Å². The van der Waals surface area contributed by atoms with E-state index < -0.39 is 6.08 Å². The first-order valence-corrected chi connectivity index (χ1v) is 20.8. The summed E-state index contributed by atoms with van der Waals surface area (Å²) >= 11 is 0. The third-order valence-electron chi connectivity index (χ3n) is 15.6. The van der Waals surface area contributed by atoms with E-state index in [1.807, 2.05) is 6.07 Å². The highest BCUT2D eigenvalue weighted by Gasteiger charge is 2.51. The standard InChI is InChI=1S/C46H46BFN4O/c1-20-8-22-10-21(2)30-19-31-37-44(35(30)25(9-20)12-22)53-34-18-28(46(3,4)5)17-33-38(34)47(37)36-29(6-7-32-43(36)52(33)45(48)49-32)41-42(31)51-40-27-15-23-11-24(16-27)14-26(13-23)39(40)50-41/h6-7,17-27H,8-16H2,1-5H3. The molecule has 3 saturated carbocycles. The van der Waals surface area contributed by atoms with Gasteiger partial charge in [-0.15, -0.1) is 0 Å². The predicted octanol–water partition coefficient (Wildman–Crippen LogP) is 9.25. The normalized spacial score (nSPS) is 30.3. The Kier molecular flexibility index (Phi) is 5.61. The molecular weight excluding hydrogens is 654 g/mol. The average Bonchev–Trinajstić information content (AvgIpc) is 3.23. The van der Waals surface area contributed by atoms with Crippen molar-refractivity contribution >= 4 is 34.1 Å². The molecule has 5 aromatic rings. The number of hydrogen-bond acceptors (Lipinski definition) is 4. The van der Waals surface area contributed by atoms with Gasteiger partial charge in [-0.2, -0.15) is 4.39 Å². The Labute approximate surface area is 311 Å². The van der Waals surface area contributed by atoms with Crippen LogP contribution in [0.1, 0.15) is 144 Å². The molecule has 53 heavy (non-hydrogen) atoms. The highest BCUT2D eigenvalue weighted by atomic mass is 19.1. The number of imidazole rings is 1. The number of ether oxygens (including phenoxy) is 1. The van der Waals surface area contributed by atoms with E-state index in [9.17, 15) is 0 Å².